The van der Waals surface area contributed by atoms with Gasteiger partial charge in [-0.15, -0.1) is 0 Å². The van der Waals surface area contributed by atoms with Gasteiger partial charge in [-0.25, -0.2) is 4.79 Å². The zero-order valence-electron chi connectivity index (χ0n) is 29.1. The third-order valence-corrected chi connectivity index (χ3v) is 10.0. The summed E-state index contributed by atoms with van der Waals surface area (Å²) in [6.45, 7) is -0.475. The van der Waals surface area contributed by atoms with Gasteiger partial charge in [0.1, 0.15) is 24.4 Å². The molecule has 4 aromatic carbocycles. The molecule has 7 nitrogen and oxygen atoms in total. The van der Waals surface area contributed by atoms with Crippen molar-refractivity contribution in [3.05, 3.63) is 124 Å². The van der Waals surface area contributed by atoms with Crippen molar-refractivity contribution >= 4 is 17.8 Å². The van der Waals surface area contributed by atoms with Crippen LogP contribution >= 0.6 is 0 Å². The minimum Gasteiger partial charge on any atom is -0.489 e. The van der Waals surface area contributed by atoms with Gasteiger partial charge in [0.25, 0.3) is 0 Å². The lowest BCUT2D eigenvalue weighted by molar-refractivity contribution is -0.145. The van der Waals surface area contributed by atoms with E-state index >= 15 is 0 Å². The zero-order valence-corrected chi connectivity index (χ0v) is 29.1. The Morgan fingerprint density at radius 3 is 2.04 bits per heavy atom. The number of fused-ring (bicyclic) bond motifs is 1. The van der Waals surface area contributed by atoms with E-state index in [1.165, 1.54) is 17.0 Å². The maximum absolute atomic E-state index is 14.2. The summed E-state index contributed by atoms with van der Waals surface area (Å²) in [6, 6.07) is 20.0. The zero-order chi connectivity index (χ0) is 38.6. The number of carboxylic acid groups (broad SMARTS) is 1. The van der Waals surface area contributed by atoms with Crippen LogP contribution in [0.15, 0.2) is 91.0 Å². The fourth-order valence-corrected chi connectivity index (χ4v) is 7.23. The van der Waals surface area contributed by atoms with E-state index in [1.807, 2.05) is 42.5 Å². The van der Waals surface area contributed by atoms with Gasteiger partial charge in [0.2, 0.25) is 11.8 Å². The quantitative estimate of drug-likeness (QED) is 0.150. The molecule has 1 heterocycles. The number of carbonyl (C=O) groups excluding carboxylic acids is 2. The third-order valence-electron chi connectivity index (χ3n) is 10.0. The van der Waals surface area contributed by atoms with Crippen molar-refractivity contribution in [1.29, 1.82) is 0 Å². The van der Waals surface area contributed by atoms with Gasteiger partial charge in [-0.05, 0) is 88.9 Å². The molecule has 2 aliphatic rings. The first-order chi connectivity index (χ1) is 25.7. The van der Waals surface area contributed by atoms with Crippen LogP contribution in [0.4, 0.5) is 26.3 Å². The number of alkyl halides is 6. The van der Waals surface area contributed by atoms with Gasteiger partial charge in [0.05, 0.1) is 11.1 Å². The summed E-state index contributed by atoms with van der Waals surface area (Å²) in [6.07, 6.45) is -5.81. The monoisotopic (exact) mass is 752 g/mol. The van der Waals surface area contributed by atoms with Crippen LogP contribution in [-0.2, 0) is 46.2 Å². The largest absolute Gasteiger partial charge is 0.489 e. The number of nitrogens with zero attached hydrogens (tertiary/aromatic N) is 1. The second-order valence-electron chi connectivity index (χ2n) is 13.8. The van der Waals surface area contributed by atoms with Gasteiger partial charge in [0, 0.05) is 19.4 Å². The van der Waals surface area contributed by atoms with E-state index in [9.17, 15) is 45.8 Å². The first-order valence-electron chi connectivity index (χ1n) is 17.7. The summed E-state index contributed by atoms with van der Waals surface area (Å²) >= 11 is 0. The molecule has 1 fully saturated rings. The molecular formula is C41H38F6N2O5. The summed E-state index contributed by atoms with van der Waals surface area (Å²) < 4.78 is 86.5. The first-order valence-corrected chi connectivity index (χ1v) is 17.7. The minimum absolute atomic E-state index is 0.0347. The Morgan fingerprint density at radius 2 is 1.43 bits per heavy atom. The third kappa shape index (κ3) is 9.23. The number of aliphatic carboxylic acids is 1. The SMILES string of the molecule is O=C(N[C@@H](Cc1ccc(-c2ccccc2)cc1)C(=O)O)C1c2cc(OCc3cc(C(F)(F)F)cc(C(F)(F)F)c3)ccc2CCN1C(=O)CC1CCCC1. The number of rotatable bonds is 11. The Kier molecular flexibility index (Phi) is 11.3. The highest BCUT2D eigenvalue weighted by Crippen LogP contribution is 2.38. The lowest BCUT2D eigenvalue weighted by Gasteiger charge is -2.37. The van der Waals surface area contributed by atoms with E-state index in [1.54, 1.807) is 18.2 Å². The first kappa shape index (κ1) is 38.4. The molecule has 13 heteroatoms. The second-order valence-corrected chi connectivity index (χ2v) is 13.8. The smallest absolute Gasteiger partial charge is 0.416 e. The van der Waals surface area contributed by atoms with Crippen molar-refractivity contribution in [2.24, 2.45) is 5.92 Å². The molecule has 2 atom stereocenters. The molecule has 1 aliphatic heterocycles. The number of hydrogen-bond donors (Lipinski definition) is 2. The number of carbonyl (C=O) groups is 3. The number of benzene rings is 4. The molecule has 6 rings (SSSR count). The van der Waals surface area contributed by atoms with Gasteiger partial charge in [-0.1, -0.05) is 73.5 Å². The molecule has 54 heavy (non-hydrogen) atoms. The van der Waals surface area contributed by atoms with E-state index in [-0.39, 0.29) is 48.6 Å². The van der Waals surface area contributed by atoms with Crippen LogP contribution < -0.4 is 10.1 Å². The van der Waals surface area contributed by atoms with Crippen molar-refractivity contribution in [3.8, 4) is 16.9 Å². The van der Waals surface area contributed by atoms with Gasteiger partial charge in [-0.2, -0.15) is 26.3 Å². The summed E-state index contributed by atoms with van der Waals surface area (Å²) in [5.41, 5.74) is 0.219. The predicted molar refractivity (Wildman–Crippen MR) is 187 cm³/mol. The van der Waals surface area contributed by atoms with Crippen molar-refractivity contribution in [2.45, 2.75) is 76.0 Å². The van der Waals surface area contributed by atoms with Crippen LogP contribution in [0, 0.1) is 5.92 Å². The Bertz CT molecular complexity index is 1940. The highest BCUT2D eigenvalue weighted by molar-refractivity contribution is 5.92. The second kappa shape index (κ2) is 16.0. The Balaban J connectivity index is 1.26. The number of halogens is 6. The predicted octanol–water partition coefficient (Wildman–Crippen LogP) is 8.79. The summed E-state index contributed by atoms with van der Waals surface area (Å²) in [7, 11) is 0. The fourth-order valence-electron chi connectivity index (χ4n) is 7.23. The van der Waals surface area contributed by atoms with E-state index in [4.69, 9.17) is 4.74 Å². The van der Waals surface area contributed by atoms with Crippen LogP contribution in [0.25, 0.3) is 11.1 Å². The van der Waals surface area contributed by atoms with Gasteiger partial charge in [-0.3, -0.25) is 9.59 Å². The summed E-state index contributed by atoms with van der Waals surface area (Å²) in [4.78, 5) is 41.9. The minimum atomic E-state index is -5.03. The molecular weight excluding hydrogens is 714 g/mol. The lowest BCUT2D eigenvalue weighted by Crippen LogP contribution is -2.51. The Hall–Kier alpha value is -5.33. The van der Waals surface area contributed by atoms with E-state index in [0.717, 1.165) is 36.8 Å². The highest BCUT2D eigenvalue weighted by Gasteiger charge is 2.39. The molecule has 4 aromatic rings. The van der Waals surface area contributed by atoms with Crippen LogP contribution in [0.1, 0.15) is 71.5 Å². The normalized spacial score (nSPS) is 16.8. The number of carboxylic acids is 1. The Labute approximate surface area is 307 Å². The van der Waals surface area contributed by atoms with Crippen molar-refractivity contribution in [2.75, 3.05) is 6.54 Å². The maximum Gasteiger partial charge on any atom is 0.416 e. The molecule has 1 saturated carbocycles. The number of amides is 2. The van der Waals surface area contributed by atoms with Crippen LogP contribution in [-0.4, -0.2) is 40.4 Å². The maximum atomic E-state index is 14.2. The summed E-state index contributed by atoms with van der Waals surface area (Å²) in [5.74, 6) is -2.11. The Morgan fingerprint density at radius 1 is 0.796 bits per heavy atom. The topological polar surface area (TPSA) is 95.9 Å². The number of nitrogens with one attached hydrogen (secondary N) is 1. The number of hydrogen-bond acceptors (Lipinski definition) is 4. The molecule has 0 saturated heterocycles. The fraction of sp³-hybridized carbons (Fsp3) is 0.341. The van der Waals surface area contributed by atoms with Gasteiger partial charge < -0.3 is 20.1 Å². The molecule has 0 bridgehead atoms. The molecule has 1 unspecified atom stereocenters. The average Bonchev–Trinajstić information content (AvgIpc) is 3.66. The molecule has 0 aromatic heterocycles. The molecule has 0 spiro atoms. The van der Waals surface area contributed by atoms with Crippen molar-refractivity contribution in [3.63, 3.8) is 0 Å². The standard InChI is InChI=1S/C41H38F6N2O5/c42-40(43,44)31-18-27(19-32(22-31)41(45,46)47)24-54-33-15-14-30-16-17-49(36(50)21-25-6-4-5-7-25)37(34(30)23-33)38(51)48-35(39(52)53)20-26-10-12-29(13-11-26)28-8-2-1-3-9-28/h1-3,8-15,18-19,22-23,25,35,37H,4-7,16-17,20-21,24H2,(H,48,51)(H,52,53)/t35-,37?/m0/s1. The number of ether oxygens (including phenoxy) is 1. The van der Waals surface area contributed by atoms with Gasteiger partial charge >= 0.3 is 18.3 Å². The molecule has 1 aliphatic carbocycles. The highest BCUT2D eigenvalue weighted by atomic mass is 19.4. The van der Waals surface area contributed by atoms with Crippen molar-refractivity contribution in [1.82, 2.24) is 10.2 Å². The van der Waals surface area contributed by atoms with Crippen molar-refractivity contribution < 1.29 is 50.6 Å². The molecule has 2 N–H and O–H groups in total. The van der Waals surface area contributed by atoms with E-state index in [0.29, 0.717) is 35.2 Å². The van der Waals surface area contributed by atoms with E-state index < -0.39 is 54.0 Å². The molecule has 0 radical (unpaired) electrons. The van der Waals surface area contributed by atoms with Gasteiger partial charge in [0.15, 0.2) is 0 Å². The molecule has 2 amide bonds. The van der Waals surface area contributed by atoms with Crippen LogP contribution in [0.2, 0.25) is 0 Å². The lowest BCUT2D eigenvalue weighted by atomic mass is 9.90. The molecule has 284 valence electrons. The van der Waals surface area contributed by atoms with Crippen LogP contribution in [0.5, 0.6) is 5.75 Å². The summed E-state index contributed by atoms with van der Waals surface area (Å²) in [5, 5.41) is 12.8. The van der Waals surface area contributed by atoms with E-state index in [2.05, 4.69) is 5.32 Å². The average molecular weight is 753 g/mol. The van der Waals surface area contributed by atoms with Crippen LogP contribution in [0.3, 0.4) is 0 Å².